The Balaban J connectivity index is 1.74. The Hall–Kier alpha value is -2.33. The predicted molar refractivity (Wildman–Crippen MR) is 95.5 cm³/mol. The lowest BCUT2D eigenvalue weighted by atomic mass is 10.1. The lowest BCUT2D eigenvalue weighted by molar-refractivity contribution is -0.120. The van der Waals surface area contributed by atoms with E-state index in [1.54, 1.807) is 0 Å². The van der Waals surface area contributed by atoms with Crippen molar-refractivity contribution < 1.29 is 4.79 Å². The molecule has 2 N–H and O–H groups in total. The van der Waals surface area contributed by atoms with Crippen LogP contribution in [0.1, 0.15) is 24.1 Å². The van der Waals surface area contributed by atoms with Crippen LogP contribution in [0.3, 0.4) is 0 Å². The van der Waals surface area contributed by atoms with Gasteiger partial charge in [-0.1, -0.05) is 42.5 Å². The molecule has 0 saturated carbocycles. The third kappa shape index (κ3) is 5.42. The van der Waals surface area contributed by atoms with Crippen molar-refractivity contribution in [2.24, 2.45) is 0 Å². The molecule has 0 aromatic heterocycles. The Bertz CT molecular complexity index is 608. The molecule has 0 aliphatic heterocycles. The number of carbonyl (C=O) groups is 1. The van der Waals surface area contributed by atoms with E-state index >= 15 is 0 Å². The largest absolute Gasteiger partial charge is 0.378 e. The summed E-state index contributed by atoms with van der Waals surface area (Å²) in [5.41, 5.74) is 3.43. The fourth-order valence-electron chi connectivity index (χ4n) is 2.28. The summed E-state index contributed by atoms with van der Waals surface area (Å²) in [4.78, 5) is 14.0. The first-order chi connectivity index (χ1) is 11.1. The van der Waals surface area contributed by atoms with Crippen molar-refractivity contribution in [1.82, 2.24) is 10.6 Å². The number of nitrogens with zero attached hydrogens (tertiary/aromatic N) is 1. The van der Waals surface area contributed by atoms with Gasteiger partial charge in [-0.2, -0.15) is 0 Å². The van der Waals surface area contributed by atoms with Gasteiger partial charge in [0.05, 0.1) is 6.54 Å². The van der Waals surface area contributed by atoms with Crippen LogP contribution in [-0.2, 0) is 11.3 Å². The number of amides is 1. The van der Waals surface area contributed by atoms with Gasteiger partial charge in [0.25, 0.3) is 0 Å². The third-order valence-electron chi connectivity index (χ3n) is 3.81. The van der Waals surface area contributed by atoms with Crippen LogP contribution >= 0.6 is 0 Å². The molecule has 4 heteroatoms. The normalized spacial score (nSPS) is 11.8. The van der Waals surface area contributed by atoms with Gasteiger partial charge < -0.3 is 15.5 Å². The van der Waals surface area contributed by atoms with Gasteiger partial charge in [-0.05, 0) is 30.2 Å². The van der Waals surface area contributed by atoms with Crippen LogP contribution in [0, 0.1) is 0 Å². The minimum Gasteiger partial charge on any atom is -0.378 e. The molecule has 0 spiro atoms. The van der Waals surface area contributed by atoms with Gasteiger partial charge in [0.15, 0.2) is 0 Å². The van der Waals surface area contributed by atoms with Gasteiger partial charge in [0.2, 0.25) is 5.91 Å². The average molecular weight is 311 g/mol. The summed E-state index contributed by atoms with van der Waals surface area (Å²) in [6, 6.07) is 18.4. The highest BCUT2D eigenvalue weighted by molar-refractivity contribution is 5.78. The first kappa shape index (κ1) is 17.0. The fraction of sp³-hybridized carbons (Fsp3) is 0.316. The zero-order valence-corrected chi connectivity index (χ0v) is 14.0. The molecule has 0 heterocycles. The lowest BCUT2D eigenvalue weighted by Crippen LogP contribution is -2.34. The second-order valence-electron chi connectivity index (χ2n) is 5.85. The van der Waals surface area contributed by atoms with Crippen molar-refractivity contribution in [3.63, 3.8) is 0 Å². The quantitative estimate of drug-likeness (QED) is 0.826. The van der Waals surface area contributed by atoms with Crippen LogP contribution in [0.2, 0.25) is 0 Å². The minimum absolute atomic E-state index is 0.00414. The number of hydrogen-bond donors (Lipinski definition) is 2. The molecule has 0 unspecified atom stereocenters. The van der Waals surface area contributed by atoms with E-state index in [0.717, 1.165) is 11.3 Å². The molecule has 23 heavy (non-hydrogen) atoms. The van der Waals surface area contributed by atoms with E-state index in [1.165, 1.54) is 5.56 Å². The summed E-state index contributed by atoms with van der Waals surface area (Å²) >= 11 is 0. The van der Waals surface area contributed by atoms with Crippen molar-refractivity contribution >= 4 is 11.6 Å². The summed E-state index contributed by atoms with van der Waals surface area (Å²) in [5, 5.41) is 6.18. The topological polar surface area (TPSA) is 44.4 Å². The molecule has 122 valence electrons. The molecule has 4 nitrogen and oxygen atoms in total. The Labute approximate surface area is 138 Å². The van der Waals surface area contributed by atoms with E-state index in [0.29, 0.717) is 13.1 Å². The molecule has 0 aliphatic carbocycles. The first-order valence-corrected chi connectivity index (χ1v) is 7.87. The molecule has 0 fully saturated rings. The fourth-order valence-corrected chi connectivity index (χ4v) is 2.28. The molecule has 0 bridgehead atoms. The van der Waals surface area contributed by atoms with Crippen molar-refractivity contribution in [3.8, 4) is 0 Å². The minimum atomic E-state index is 0.00414. The third-order valence-corrected chi connectivity index (χ3v) is 3.81. The van der Waals surface area contributed by atoms with Crippen molar-refractivity contribution in [1.29, 1.82) is 0 Å². The van der Waals surface area contributed by atoms with Gasteiger partial charge in [-0.3, -0.25) is 4.79 Å². The molecular weight excluding hydrogens is 286 g/mol. The maximum atomic E-state index is 11.9. The monoisotopic (exact) mass is 311 g/mol. The molecule has 2 aromatic carbocycles. The Morgan fingerprint density at radius 2 is 1.70 bits per heavy atom. The summed E-state index contributed by atoms with van der Waals surface area (Å²) in [5.74, 6) is 0.00414. The van der Waals surface area contributed by atoms with Crippen LogP contribution < -0.4 is 15.5 Å². The van der Waals surface area contributed by atoms with Gasteiger partial charge in [0, 0.05) is 32.4 Å². The molecular formula is C19H25N3O. The van der Waals surface area contributed by atoms with Gasteiger partial charge in [-0.15, -0.1) is 0 Å². The predicted octanol–water partition coefficient (Wildman–Crippen LogP) is 2.72. The van der Waals surface area contributed by atoms with Gasteiger partial charge >= 0.3 is 0 Å². The summed E-state index contributed by atoms with van der Waals surface area (Å²) in [6.07, 6.45) is 0. The maximum Gasteiger partial charge on any atom is 0.234 e. The molecule has 1 atom stereocenters. The van der Waals surface area contributed by atoms with Crippen LogP contribution in [-0.4, -0.2) is 26.5 Å². The number of carbonyl (C=O) groups excluding carboxylic acids is 1. The van der Waals surface area contributed by atoms with Crippen LogP contribution in [0.5, 0.6) is 0 Å². The van der Waals surface area contributed by atoms with Gasteiger partial charge in [0.1, 0.15) is 0 Å². The number of anilines is 1. The molecule has 1 amide bonds. The molecule has 2 rings (SSSR count). The molecule has 0 radical (unpaired) electrons. The highest BCUT2D eigenvalue weighted by atomic mass is 16.1. The van der Waals surface area contributed by atoms with Gasteiger partial charge in [-0.25, -0.2) is 0 Å². The highest BCUT2D eigenvalue weighted by Gasteiger charge is 2.07. The summed E-state index contributed by atoms with van der Waals surface area (Å²) in [6.45, 7) is 2.92. The zero-order chi connectivity index (χ0) is 16.7. The standard InChI is InChI=1S/C19H25N3O/c1-15(17-7-5-4-6-8-17)20-14-19(23)21-13-16-9-11-18(12-10-16)22(2)3/h4-12,15,20H,13-14H2,1-3H3,(H,21,23)/t15-/m0/s1. The van der Waals surface area contributed by atoms with Crippen molar-refractivity contribution in [3.05, 3.63) is 65.7 Å². The van der Waals surface area contributed by atoms with Crippen molar-refractivity contribution in [2.75, 3.05) is 25.5 Å². The Morgan fingerprint density at radius 3 is 2.30 bits per heavy atom. The Kier molecular flexibility index (Phi) is 6.18. The molecule has 2 aromatic rings. The van der Waals surface area contributed by atoms with E-state index in [2.05, 4.69) is 46.7 Å². The van der Waals surface area contributed by atoms with Crippen LogP contribution in [0.4, 0.5) is 5.69 Å². The Morgan fingerprint density at radius 1 is 1.04 bits per heavy atom. The molecule has 0 saturated heterocycles. The van der Waals surface area contributed by atoms with Crippen LogP contribution in [0.15, 0.2) is 54.6 Å². The SMILES string of the molecule is C[C@H](NCC(=O)NCc1ccc(N(C)C)cc1)c1ccccc1. The first-order valence-electron chi connectivity index (χ1n) is 7.87. The number of rotatable bonds is 7. The van der Waals surface area contributed by atoms with E-state index < -0.39 is 0 Å². The van der Waals surface area contributed by atoms with E-state index in [1.807, 2.05) is 44.4 Å². The average Bonchev–Trinajstić information content (AvgIpc) is 2.59. The lowest BCUT2D eigenvalue weighted by Gasteiger charge is -2.15. The smallest absolute Gasteiger partial charge is 0.234 e. The zero-order valence-electron chi connectivity index (χ0n) is 14.0. The number of hydrogen-bond acceptors (Lipinski definition) is 3. The second-order valence-corrected chi connectivity index (χ2v) is 5.85. The summed E-state index contributed by atoms with van der Waals surface area (Å²) < 4.78 is 0. The van der Waals surface area contributed by atoms with E-state index in [9.17, 15) is 4.79 Å². The second kappa shape index (κ2) is 8.34. The summed E-state index contributed by atoms with van der Waals surface area (Å²) in [7, 11) is 4.02. The van der Waals surface area contributed by atoms with E-state index in [-0.39, 0.29) is 11.9 Å². The van der Waals surface area contributed by atoms with Crippen LogP contribution in [0.25, 0.3) is 0 Å². The number of nitrogens with one attached hydrogen (secondary N) is 2. The number of benzene rings is 2. The van der Waals surface area contributed by atoms with Crippen molar-refractivity contribution in [2.45, 2.75) is 19.5 Å². The highest BCUT2D eigenvalue weighted by Crippen LogP contribution is 2.12. The maximum absolute atomic E-state index is 11.9. The molecule has 0 aliphatic rings. The van der Waals surface area contributed by atoms with E-state index in [4.69, 9.17) is 0 Å².